The highest BCUT2D eigenvalue weighted by atomic mass is 32.1. The van der Waals surface area contributed by atoms with E-state index in [0.29, 0.717) is 10.6 Å². The number of benzene rings is 2. The Balaban J connectivity index is 1.98. The minimum Gasteiger partial charge on any atom is -0.311 e. The third-order valence-electron chi connectivity index (χ3n) is 3.27. The molecule has 0 aliphatic carbocycles. The lowest BCUT2D eigenvalue weighted by Crippen LogP contribution is -2.25. The Labute approximate surface area is 120 Å². The number of aromatic nitrogens is 2. The van der Waals surface area contributed by atoms with Gasteiger partial charge in [-0.2, -0.15) is 0 Å². The van der Waals surface area contributed by atoms with Crippen LogP contribution in [0.3, 0.4) is 0 Å². The molecule has 3 aromatic rings. The maximum Gasteiger partial charge on any atom is 0.271 e. The van der Waals surface area contributed by atoms with E-state index < -0.39 is 0 Å². The van der Waals surface area contributed by atoms with Gasteiger partial charge in [0.05, 0.1) is 5.69 Å². The molecule has 100 valence electrons. The summed E-state index contributed by atoms with van der Waals surface area (Å²) in [5, 5.41) is 6.16. The molecule has 4 nitrogen and oxygen atoms in total. The molecule has 0 unspecified atom stereocenters. The fourth-order valence-electron chi connectivity index (χ4n) is 2.08. The Morgan fingerprint density at radius 1 is 1.15 bits per heavy atom. The van der Waals surface area contributed by atoms with Gasteiger partial charge >= 0.3 is 0 Å². The molecule has 5 heteroatoms. The topological polar surface area (TPSA) is 46.1 Å². The molecule has 0 aliphatic rings. The highest BCUT2D eigenvalue weighted by molar-refractivity contribution is 7.08. The molecule has 1 amide bonds. The van der Waals surface area contributed by atoms with Gasteiger partial charge in [-0.15, -0.1) is 5.10 Å². The van der Waals surface area contributed by atoms with E-state index in [1.165, 1.54) is 0 Å². The van der Waals surface area contributed by atoms with Crippen LogP contribution in [0.2, 0.25) is 0 Å². The van der Waals surface area contributed by atoms with Crippen LogP contribution >= 0.6 is 11.5 Å². The maximum atomic E-state index is 12.4. The van der Waals surface area contributed by atoms with Crippen LogP contribution < -0.4 is 4.90 Å². The maximum absolute atomic E-state index is 12.4. The molecule has 0 spiro atoms. The van der Waals surface area contributed by atoms with Crippen molar-refractivity contribution in [1.82, 2.24) is 9.59 Å². The van der Waals surface area contributed by atoms with E-state index in [1.54, 1.807) is 18.9 Å². The van der Waals surface area contributed by atoms with Crippen LogP contribution in [0.1, 0.15) is 15.4 Å². The molecule has 0 bridgehead atoms. The molecule has 0 atom stereocenters. The number of aryl methyl sites for hydroxylation is 1. The molecule has 0 N–H and O–H groups in total. The number of rotatable bonds is 2. The van der Waals surface area contributed by atoms with Gasteiger partial charge in [-0.05, 0) is 41.4 Å². The molecule has 1 aromatic heterocycles. The third kappa shape index (κ3) is 2.16. The van der Waals surface area contributed by atoms with Gasteiger partial charge in [-0.25, -0.2) is 0 Å². The predicted molar refractivity (Wildman–Crippen MR) is 81.3 cm³/mol. The lowest BCUT2D eigenvalue weighted by atomic mass is 10.1. The quantitative estimate of drug-likeness (QED) is 0.725. The van der Waals surface area contributed by atoms with E-state index in [-0.39, 0.29) is 5.91 Å². The van der Waals surface area contributed by atoms with Crippen LogP contribution in [0.25, 0.3) is 10.8 Å². The zero-order valence-corrected chi connectivity index (χ0v) is 12.0. The third-order valence-corrected chi connectivity index (χ3v) is 4.09. The monoisotopic (exact) mass is 283 g/mol. The zero-order chi connectivity index (χ0) is 14.1. The molecule has 1 heterocycles. The van der Waals surface area contributed by atoms with Gasteiger partial charge in [0.2, 0.25) is 0 Å². The van der Waals surface area contributed by atoms with E-state index in [2.05, 4.69) is 15.7 Å². The summed E-state index contributed by atoms with van der Waals surface area (Å²) in [5.41, 5.74) is 1.54. The highest BCUT2D eigenvalue weighted by Gasteiger charge is 2.18. The number of hydrogen-bond donors (Lipinski definition) is 0. The van der Waals surface area contributed by atoms with E-state index in [0.717, 1.165) is 28.0 Å². The first-order valence-electron chi connectivity index (χ1n) is 6.22. The van der Waals surface area contributed by atoms with Crippen LogP contribution in [-0.2, 0) is 0 Å². The van der Waals surface area contributed by atoms with Crippen molar-refractivity contribution in [1.29, 1.82) is 0 Å². The average molecular weight is 283 g/mol. The number of anilines is 1. The molecule has 0 radical (unpaired) electrons. The molecule has 0 saturated heterocycles. The summed E-state index contributed by atoms with van der Waals surface area (Å²) >= 11 is 1.13. The molecular weight excluding hydrogens is 270 g/mol. The summed E-state index contributed by atoms with van der Waals surface area (Å²) in [5.74, 6) is -0.0761. The summed E-state index contributed by atoms with van der Waals surface area (Å²) in [6.45, 7) is 1.80. The second kappa shape index (κ2) is 5.02. The summed E-state index contributed by atoms with van der Waals surface area (Å²) in [4.78, 5) is 14.6. The molecule has 0 fully saturated rings. The van der Waals surface area contributed by atoms with Crippen LogP contribution in [0.4, 0.5) is 5.69 Å². The van der Waals surface area contributed by atoms with Gasteiger partial charge in [0.1, 0.15) is 4.88 Å². The van der Waals surface area contributed by atoms with E-state index in [4.69, 9.17) is 0 Å². The Morgan fingerprint density at radius 3 is 2.60 bits per heavy atom. The number of nitrogens with zero attached hydrogens (tertiary/aromatic N) is 3. The molecule has 3 rings (SSSR count). The van der Waals surface area contributed by atoms with Crippen LogP contribution in [-0.4, -0.2) is 22.5 Å². The summed E-state index contributed by atoms with van der Waals surface area (Å²) < 4.78 is 3.81. The standard InChI is InChI=1S/C15H13N3OS/c1-10-14(20-17-16-10)15(19)18(2)13-8-7-11-5-3-4-6-12(11)9-13/h3-9H,1-2H3. The van der Waals surface area contributed by atoms with Gasteiger partial charge in [0.25, 0.3) is 5.91 Å². The largest absolute Gasteiger partial charge is 0.311 e. The van der Waals surface area contributed by atoms with Crippen molar-refractivity contribution < 1.29 is 4.79 Å². The first-order chi connectivity index (χ1) is 9.66. The van der Waals surface area contributed by atoms with Crippen molar-refractivity contribution in [2.45, 2.75) is 6.92 Å². The summed E-state index contributed by atoms with van der Waals surface area (Å²) in [7, 11) is 1.77. The number of hydrogen-bond acceptors (Lipinski definition) is 4. The van der Waals surface area contributed by atoms with Gasteiger partial charge < -0.3 is 4.90 Å². The van der Waals surface area contributed by atoms with Crippen molar-refractivity contribution in [3.05, 3.63) is 53.0 Å². The lowest BCUT2D eigenvalue weighted by molar-refractivity contribution is 0.0996. The molecule has 0 saturated carbocycles. The smallest absolute Gasteiger partial charge is 0.271 e. The van der Waals surface area contributed by atoms with Crippen molar-refractivity contribution in [2.24, 2.45) is 0 Å². The Kier molecular flexibility index (Phi) is 3.20. The first-order valence-corrected chi connectivity index (χ1v) is 7.00. The fourth-order valence-corrected chi connectivity index (χ4v) is 2.72. The second-order valence-corrected chi connectivity index (χ2v) is 5.34. The van der Waals surface area contributed by atoms with Gasteiger partial charge in [0, 0.05) is 12.7 Å². The first kappa shape index (κ1) is 12.7. The summed E-state index contributed by atoms with van der Waals surface area (Å²) in [6.07, 6.45) is 0. The number of carbonyl (C=O) groups excluding carboxylic acids is 1. The van der Waals surface area contributed by atoms with Gasteiger partial charge in [-0.3, -0.25) is 4.79 Å². The fraction of sp³-hybridized carbons (Fsp3) is 0.133. The van der Waals surface area contributed by atoms with Crippen LogP contribution in [0, 0.1) is 6.92 Å². The number of fused-ring (bicyclic) bond motifs is 1. The predicted octanol–water partition coefficient (Wildman–Crippen LogP) is 3.28. The minimum absolute atomic E-state index is 0.0761. The number of amides is 1. The van der Waals surface area contributed by atoms with Gasteiger partial charge in [0.15, 0.2) is 0 Å². The zero-order valence-electron chi connectivity index (χ0n) is 11.2. The second-order valence-electron chi connectivity index (χ2n) is 4.58. The van der Waals surface area contributed by atoms with Gasteiger partial charge in [-0.1, -0.05) is 34.8 Å². The van der Waals surface area contributed by atoms with E-state index in [9.17, 15) is 4.79 Å². The molecule has 0 aliphatic heterocycles. The lowest BCUT2D eigenvalue weighted by Gasteiger charge is -2.17. The van der Waals surface area contributed by atoms with Crippen LogP contribution in [0.15, 0.2) is 42.5 Å². The molecular formula is C15H13N3OS. The SMILES string of the molecule is Cc1nnsc1C(=O)N(C)c1ccc2ccccc2c1. The van der Waals surface area contributed by atoms with Crippen molar-refractivity contribution in [2.75, 3.05) is 11.9 Å². The molecule has 20 heavy (non-hydrogen) atoms. The van der Waals surface area contributed by atoms with E-state index in [1.807, 2.05) is 36.4 Å². The summed E-state index contributed by atoms with van der Waals surface area (Å²) in [6, 6.07) is 14.1. The van der Waals surface area contributed by atoms with Crippen molar-refractivity contribution in [3.8, 4) is 0 Å². The minimum atomic E-state index is -0.0761. The molecule has 2 aromatic carbocycles. The highest BCUT2D eigenvalue weighted by Crippen LogP contribution is 2.23. The van der Waals surface area contributed by atoms with Crippen molar-refractivity contribution >= 4 is 33.9 Å². The van der Waals surface area contributed by atoms with Crippen molar-refractivity contribution in [3.63, 3.8) is 0 Å². The number of carbonyl (C=O) groups is 1. The Hall–Kier alpha value is -2.27. The van der Waals surface area contributed by atoms with Crippen LogP contribution in [0.5, 0.6) is 0 Å². The van der Waals surface area contributed by atoms with E-state index >= 15 is 0 Å². The normalized spacial score (nSPS) is 10.7. The average Bonchev–Trinajstić information content (AvgIpc) is 2.91. The Morgan fingerprint density at radius 2 is 1.90 bits per heavy atom. The Bertz CT molecular complexity index is 781.